The number of benzene rings is 1. The van der Waals surface area contributed by atoms with Crippen LogP contribution in [0.2, 0.25) is 0 Å². The van der Waals surface area contributed by atoms with Gasteiger partial charge in [0, 0.05) is 4.88 Å². The summed E-state index contributed by atoms with van der Waals surface area (Å²) in [6.07, 6.45) is 0.854. The third-order valence-electron chi connectivity index (χ3n) is 3.38. The van der Waals surface area contributed by atoms with Gasteiger partial charge in [-0.2, -0.15) is 0 Å². The van der Waals surface area contributed by atoms with Crippen LogP contribution in [-0.4, -0.2) is 17.0 Å². The predicted molar refractivity (Wildman–Crippen MR) is 82.6 cm³/mol. The molecule has 110 valence electrons. The number of aryl methyl sites for hydroxylation is 1. The Kier molecular flexibility index (Phi) is 4.43. The van der Waals surface area contributed by atoms with Gasteiger partial charge in [0.05, 0.1) is 4.88 Å². The first-order chi connectivity index (χ1) is 9.97. The standard InChI is InChI=1S/C16H17NO3S/c1-3-12-9-10-13(21-12)14(18)17-16(2,15(19)20)11-7-5-4-6-8-11/h4-10H,3H2,1-2H3,(H,17,18)(H,19,20). The zero-order valence-electron chi connectivity index (χ0n) is 11.9. The number of carbonyl (C=O) groups excluding carboxylic acids is 1. The molecule has 21 heavy (non-hydrogen) atoms. The molecule has 1 unspecified atom stereocenters. The van der Waals surface area contributed by atoms with Crippen LogP contribution in [0.25, 0.3) is 0 Å². The van der Waals surface area contributed by atoms with Gasteiger partial charge in [-0.05, 0) is 31.0 Å². The molecule has 4 nitrogen and oxygen atoms in total. The predicted octanol–water partition coefficient (Wildman–Crippen LogP) is 3.04. The summed E-state index contributed by atoms with van der Waals surface area (Å²) >= 11 is 1.38. The molecule has 0 aliphatic carbocycles. The zero-order valence-corrected chi connectivity index (χ0v) is 12.7. The minimum absolute atomic E-state index is 0.367. The number of carboxylic acids is 1. The highest BCUT2D eigenvalue weighted by Gasteiger charge is 2.37. The molecule has 1 amide bonds. The molecule has 1 atom stereocenters. The molecule has 1 aromatic heterocycles. The van der Waals surface area contributed by atoms with E-state index < -0.39 is 11.5 Å². The first-order valence-corrected chi connectivity index (χ1v) is 7.49. The van der Waals surface area contributed by atoms with Crippen LogP contribution < -0.4 is 5.32 Å². The van der Waals surface area contributed by atoms with Gasteiger partial charge < -0.3 is 10.4 Å². The second kappa shape index (κ2) is 6.10. The van der Waals surface area contributed by atoms with Gasteiger partial charge in [0.1, 0.15) is 0 Å². The van der Waals surface area contributed by atoms with Crippen LogP contribution in [0, 0.1) is 0 Å². The largest absolute Gasteiger partial charge is 0.479 e. The van der Waals surface area contributed by atoms with Crippen molar-refractivity contribution in [1.29, 1.82) is 0 Å². The summed E-state index contributed by atoms with van der Waals surface area (Å²) in [6.45, 7) is 3.51. The van der Waals surface area contributed by atoms with Crippen molar-refractivity contribution < 1.29 is 14.7 Å². The topological polar surface area (TPSA) is 66.4 Å². The lowest BCUT2D eigenvalue weighted by Gasteiger charge is -2.26. The molecule has 0 spiro atoms. The molecule has 0 aliphatic heterocycles. The molecule has 1 heterocycles. The smallest absolute Gasteiger partial charge is 0.333 e. The Hall–Kier alpha value is -2.14. The van der Waals surface area contributed by atoms with Gasteiger partial charge in [0.2, 0.25) is 0 Å². The van der Waals surface area contributed by atoms with E-state index in [-0.39, 0.29) is 5.91 Å². The Labute approximate surface area is 127 Å². The van der Waals surface area contributed by atoms with E-state index in [9.17, 15) is 14.7 Å². The van der Waals surface area contributed by atoms with Crippen LogP contribution in [-0.2, 0) is 16.8 Å². The minimum Gasteiger partial charge on any atom is -0.479 e. The number of hydrogen-bond donors (Lipinski definition) is 2. The Morgan fingerprint density at radius 1 is 1.19 bits per heavy atom. The highest BCUT2D eigenvalue weighted by Crippen LogP contribution is 2.23. The fraction of sp³-hybridized carbons (Fsp3) is 0.250. The second-order valence-electron chi connectivity index (χ2n) is 4.87. The van der Waals surface area contributed by atoms with Crippen LogP contribution in [0.1, 0.15) is 34.0 Å². The average molecular weight is 303 g/mol. The van der Waals surface area contributed by atoms with Crippen molar-refractivity contribution in [3.8, 4) is 0 Å². The molecule has 0 saturated carbocycles. The average Bonchev–Trinajstić information content (AvgIpc) is 2.97. The number of aliphatic carboxylic acids is 1. The zero-order chi connectivity index (χ0) is 15.5. The summed E-state index contributed by atoms with van der Waals surface area (Å²) in [5.74, 6) is -1.46. The Balaban J connectivity index is 2.28. The lowest BCUT2D eigenvalue weighted by Crippen LogP contribution is -2.49. The summed E-state index contributed by atoms with van der Waals surface area (Å²) in [4.78, 5) is 25.6. The number of carbonyl (C=O) groups is 2. The minimum atomic E-state index is -1.45. The van der Waals surface area contributed by atoms with Crippen LogP contribution in [0.5, 0.6) is 0 Å². The third kappa shape index (κ3) is 3.13. The molecule has 2 N–H and O–H groups in total. The maximum atomic E-state index is 12.3. The molecule has 0 bridgehead atoms. The monoisotopic (exact) mass is 303 g/mol. The maximum absolute atomic E-state index is 12.3. The molecule has 0 fully saturated rings. The van der Waals surface area contributed by atoms with Gasteiger partial charge in [0.15, 0.2) is 5.54 Å². The van der Waals surface area contributed by atoms with Crippen molar-refractivity contribution in [1.82, 2.24) is 5.32 Å². The SMILES string of the molecule is CCc1ccc(C(=O)NC(C)(C(=O)O)c2ccccc2)s1. The summed E-state index contributed by atoms with van der Waals surface area (Å²) in [7, 11) is 0. The van der Waals surface area contributed by atoms with E-state index in [1.54, 1.807) is 36.4 Å². The van der Waals surface area contributed by atoms with E-state index in [1.165, 1.54) is 18.3 Å². The fourth-order valence-electron chi connectivity index (χ4n) is 2.00. The normalized spacial score (nSPS) is 13.4. The number of nitrogens with one attached hydrogen (secondary N) is 1. The fourth-order valence-corrected chi connectivity index (χ4v) is 2.84. The van der Waals surface area contributed by atoms with E-state index in [1.807, 2.05) is 13.0 Å². The highest BCUT2D eigenvalue weighted by atomic mass is 32.1. The molecule has 0 saturated heterocycles. The summed E-state index contributed by atoms with van der Waals surface area (Å²) < 4.78 is 0. The molecule has 1 aromatic carbocycles. The van der Waals surface area contributed by atoms with Crippen LogP contribution in [0.4, 0.5) is 0 Å². The second-order valence-corrected chi connectivity index (χ2v) is 6.04. The molecular weight excluding hydrogens is 286 g/mol. The van der Waals surface area contributed by atoms with Crippen molar-refractivity contribution in [3.05, 3.63) is 57.8 Å². The molecule has 0 aliphatic rings. The Morgan fingerprint density at radius 3 is 2.38 bits per heavy atom. The van der Waals surface area contributed by atoms with E-state index in [2.05, 4.69) is 5.32 Å². The number of carboxylic acid groups (broad SMARTS) is 1. The van der Waals surface area contributed by atoms with Gasteiger partial charge >= 0.3 is 5.97 Å². The van der Waals surface area contributed by atoms with Gasteiger partial charge in [-0.15, -0.1) is 11.3 Å². The molecule has 2 aromatic rings. The van der Waals surface area contributed by atoms with Crippen molar-refractivity contribution in [2.75, 3.05) is 0 Å². The maximum Gasteiger partial charge on any atom is 0.333 e. The van der Waals surface area contributed by atoms with Crippen molar-refractivity contribution in [2.45, 2.75) is 25.8 Å². The van der Waals surface area contributed by atoms with E-state index in [0.29, 0.717) is 10.4 Å². The van der Waals surface area contributed by atoms with Crippen LogP contribution >= 0.6 is 11.3 Å². The Bertz CT molecular complexity index is 651. The first-order valence-electron chi connectivity index (χ1n) is 6.67. The van der Waals surface area contributed by atoms with Crippen LogP contribution in [0.3, 0.4) is 0 Å². The van der Waals surface area contributed by atoms with Gasteiger partial charge in [0.25, 0.3) is 5.91 Å². The molecule has 0 radical (unpaired) electrons. The molecule has 5 heteroatoms. The van der Waals surface area contributed by atoms with Crippen LogP contribution in [0.15, 0.2) is 42.5 Å². The first kappa shape index (κ1) is 15.3. The number of hydrogen-bond acceptors (Lipinski definition) is 3. The van der Waals surface area contributed by atoms with Crippen molar-refractivity contribution in [2.24, 2.45) is 0 Å². The number of thiophene rings is 1. The lowest BCUT2D eigenvalue weighted by molar-refractivity contribution is -0.144. The number of rotatable bonds is 5. The van der Waals surface area contributed by atoms with Gasteiger partial charge in [-0.25, -0.2) is 4.79 Å². The Morgan fingerprint density at radius 2 is 1.86 bits per heavy atom. The highest BCUT2D eigenvalue weighted by molar-refractivity contribution is 7.14. The lowest BCUT2D eigenvalue weighted by atomic mass is 9.92. The summed E-state index contributed by atoms with van der Waals surface area (Å²) in [6, 6.07) is 12.3. The molecular formula is C16H17NO3S. The van der Waals surface area contributed by atoms with E-state index in [4.69, 9.17) is 0 Å². The number of amides is 1. The van der Waals surface area contributed by atoms with E-state index >= 15 is 0 Å². The van der Waals surface area contributed by atoms with Gasteiger partial charge in [-0.3, -0.25) is 4.79 Å². The van der Waals surface area contributed by atoms with Crippen molar-refractivity contribution >= 4 is 23.2 Å². The third-order valence-corrected chi connectivity index (χ3v) is 4.60. The van der Waals surface area contributed by atoms with Crippen molar-refractivity contribution in [3.63, 3.8) is 0 Å². The summed E-state index contributed by atoms with van der Waals surface area (Å²) in [5.41, 5.74) is -0.910. The van der Waals surface area contributed by atoms with Gasteiger partial charge in [-0.1, -0.05) is 37.3 Å². The van der Waals surface area contributed by atoms with E-state index in [0.717, 1.165) is 11.3 Å². The quantitative estimate of drug-likeness (QED) is 0.892. The molecule has 2 rings (SSSR count). The summed E-state index contributed by atoms with van der Waals surface area (Å²) in [5, 5.41) is 12.2.